The molecule has 0 aliphatic carbocycles. The Balaban J connectivity index is 1.60. The van der Waals surface area contributed by atoms with E-state index in [1.165, 1.54) is 12.1 Å². The lowest BCUT2D eigenvalue weighted by Gasteiger charge is -2.21. The molecule has 0 radical (unpaired) electrons. The van der Waals surface area contributed by atoms with Gasteiger partial charge in [-0.2, -0.15) is 0 Å². The summed E-state index contributed by atoms with van der Waals surface area (Å²) < 4.78 is 24.4. The number of anilines is 1. The molecule has 8 heteroatoms. The van der Waals surface area contributed by atoms with Crippen LogP contribution in [-0.4, -0.2) is 32.3 Å². The van der Waals surface area contributed by atoms with Crippen molar-refractivity contribution >= 4 is 17.6 Å². The van der Waals surface area contributed by atoms with Crippen molar-refractivity contribution in [3.05, 3.63) is 58.4 Å². The lowest BCUT2D eigenvalue weighted by molar-refractivity contribution is -0.0172. The normalized spacial score (nSPS) is 12.5. The molecule has 0 fully saturated rings. The summed E-state index contributed by atoms with van der Waals surface area (Å²) in [5.41, 5.74) is 3.16. The molecule has 3 rings (SSSR count). The molecule has 0 spiro atoms. The Bertz CT molecular complexity index is 901. The van der Waals surface area contributed by atoms with E-state index in [-0.39, 0.29) is 18.5 Å². The van der Waals surface area contributed by atoms with Gasteiger partial charge in [-0.3, -0.25) is 4.79 Å². The maximum absolute atomic E-state index is 13.8. The van der Waals surface area contributed by atoms with Crippen molar-refractivity contribution in [2.75, 3.05) is 25.7 Å². The molecule has 2 aromatic carbocycles. The average Bonchev–Trinajstić information content (AvgIpc) is 2.68. The van der Waals surface area contributed by atoms with E-state index in [4.69, 9.17) is 9.47 Å². The number of ether oxygens (including phenoxy) is 2. The summed E-state index contributed by atoms with van der Waals surface area (Å²) in [6.45, 7) is 2.55. The Hall–Kier alpha value is -3.13. The zero-order valence-electron chi connectivity index (χ0n) is 15.7. The summed E-state index contributed by atoms with van der Waals surface area (Å²) in [6.07, 6.45) is 0.408. The number of amides is 3. The van der Waals surface area contributed by atoms with Crippen LogP contribution in [0.1, 0.15) is 27.0 Å². The van der Waals surface area contributed by atoms with Gasteiger partial charge in [0.05, 0.1) is 6.61 Å². The minimum atomic E-state index is -0.410. The number of fused-ring (bicyclic) bond motifs is 1. The molecule has 148 valence electrons. The highest BCUT2D eigenvalue weighted by atomic mass is 19.1. The van der Waals surface area contributed by atoms with E-state index in [1.54, 1.807) is 25.2 Å². The van der Waals surface area contributed by atoms with Crippen LogP contribution in [0.15, 0.2) is 30.3 Å². The lowest BCUT2D eigenvalue weighted by Crippen LogP contribution is -2.31. The Kier molecular flexibility index (Phi) is 6.10. The summed E-state index contributed by atoms with van der Waals surface area (Å²) >= 11 is 0. The Morgan fingerprint density at radius 3 is 2.82 bits per heavy atom. The summed E-state index contributed by atoms with van der Waals surface area (Å²) in [5, 5.41) is 8.01. The van der Waals surface area contributed by atoms with E-state index in [1.807, 2.05) is 6.92 Å². The van der Waals surface area contributed by atoms with Gasteiger partial charge in [0.15, 0.2) is 6.79 Å². The van der Waals surface area contributed by atoms with Gasteiger partial charge in [-0.25, -0.2) is 9.18 Å². The SMILES string of the molecule is CNC(=O)c1ccc(C)c(NC(=O)NCCc2cc(F)cc3c2OCOC3)c1. The van der Waals surface area contributed by atoms with E-state index in [0.29, 0.717) is 47.7 Å². The van der Waals surface area contributed by atoms with E-state index in [0.717, 1.165) is 5.56 Å². The number of benzene rings is 2. The van der Waals surface area contributed by atoms with Gasteiger partial charge < -0.3 is 25.4 Å². The molecule has 28 heavy (non-hydrogen) atoms. The van der Waals surface area contributed by atoms with Crippen molar-refractivity contribution in [3.63, 3.8) is 0 Å². The van der Waals surface area contributed by atoms with Crippen molar-refractivity contribution in [2.45, 2.75) is 20.0 Å². The van der Waals surface area contributed by atoms with Crippen LogP contribution in [-0.2, 0) is 17.8 Å². The molecule has 7 nitrogen and oxygen atoms in total. The number of halogens is 1. The highest BCUT2D eigenvalue weighted by Gasteiger charge is 2.17. The summed E-state index contributed by atoms with van der Waals surface area (Å²) in [4.78, 5) is 24.0. The third-order valence-corrected chi connectivity index (χ3v) is 4.41. The van der Waals surface area contributed by atoms with Crippen molar-refractivity contribution < 1.29 is 23.5 Å². The number of nitrogens with one attached hydrogen (secondary N) is 3. The zero-order valence-corrected chi connectivity index (χ0v) is 15.7. The second kappa shape index (κ2) is 8.71. The third kappa shape index (κ3) is 4.58. The molecule has 1 aliphatic rings. The first-order valence-electron chi connectivity index (χ1n) is 8.87. The van der Waals surface area contributed by atoms with Gasteiger partial charge in [-0.1, -0.05) is 6.07 Å². The summed E-state index contributed by atoms with van der Waals surface area (Å²) in [6, 6.07) is 7.45. The molecule has 3 N–H and O–H groups in total. The van der Waals surface area contributed by atoms with Crippen LogP contribution in [0.5, 0.6) is 5.75 Å². The first-order valence-corrected chi connectivity index (χ1v) is 8.87. The van der Waals surface area contributed by atoms with Crippen molar-refractivity contribution in [3.8, 4) is 5.75 Å². The molecule has 0 saturated carbocycles. The van der Waals surface area contributed by atoms with E-state index in [9.17, 15) is 14.0 Å². The fraction of sp³-hybridized carbons (Fsp3) is 0.300. The number of urea groups is 1. The molecule has 2 aromatic rings. The lowest BCUT2D eigenvalue weighted by atomic mass is 10.1. The molecule has 1 aliphatic heterocycles. The van der Waals surface area contributed by atoms with Crippen molar-refractivity contribution in [2.24, 2.45) is 0 Å². The predicted octanol–water partition coefficient (Wildman–Crippen LogP) is 2.72. The quantitative estimate of drug-likeness (QED) is 0.736. The first kappa shape index (κ1) is 19.6. The first-order chi connectivity index (χ1) is 13.5. The summed E-state index contributed by atoms with van der Waals surface area (Å²) in [7, 11) is 1.54. The maximum atomic E-state index is 13.8. The predicted molar refractivity (Wildman–Crippen MR) is 102 cm³/mol. The zero-order chi connectivity index (χ0) is 20.1. The number of carbonyl (C=O) groups is 2. The molecular formula is C20H22FN3O4. The highest BCUT2D eigenvalue weighted by Crippen LogP contribution is 2.29. The molecule has 0 saturated heterocycles. The van der Waals surface area contributed by atoms with Crippen LogP contribution < -0.4 is 20.7 Å². The number of rotatable bonds is 5. The van der Waals surface area contributed by atoms with Gasteiger partial charge >= 0.3 is 6.03 Å². The number of carbonyl (C=O) groups excluding carboxylic acids is 2. The fourth-order valence-electron chi connectivity index (χ4n) is 2.96. The number of hydrogen-bond acceptors (Lipinski definition) is 4. The van der Waals surface area contributed by atoms with Crippen LogP contribution in [0.2, 0.25) is 0 Å². The van der Waals surface area contributed by atoms with E-state index in [2.05, 4.69) is 16.0 Å². The fourth-order valence-corrected chi connectivity index (χ4v) is 2.96. The van der Waals surface area contributed by atoms with Crippen LogP contribution in [0.3, 0.4) is 0 Å². The third-order valence-electron chi connectivity index (χ3n) is 4.41. The molecule has 3 amide bonds. The van der Waals surface area contributed by atoms with Gasteiger partial charge in [0.2, 0.25) is 0 Å². The monoisotopic (exact) mass is 387 g/mol. The average molecular weight is 387 g/mol. The van der Waals surface area contributed by atoms with Crippen LogP contribution >= 0.6 is 0 Å². The number of hydrogen-bond donors (Lipinski definition) is 3. The minimum absolute atomic E-state index is 0.125. The molecule has 0 unspecified atom stereocenters. The highest BCUT2D eigenvalue weighted by molar-refractivity contribution is 5.97. The van der Waals surface area contributed by atoms with Gasteiger partial charge in [0.25, 0.3) is 5.91 Å². The number of aryl methyl sites for hydroxylation is 1. The largest absolute Gasteiger partial charge is 0.467 e. The maximum Gasteiger partial charge on any atom is 0.319 e. The second-order valence-electron chi connectivity index (χ2n) is 6.40. The molecule has 1 heterocycles. The minimum Gasteiger partial charge on any atom is -0.467 e. The van der Waals surface area contributed by atoms with Gasteiger partial charge in [0.1, 0.15) is 11.6 Å². The molecule has 0 aromatic heterocycles. The van der Waals surface area contributed by atoms with Crippen molar-refractivity contribution in [1.82, 2.24) is 10.6 Å². The van der Waals surface area contributed by atoms with E-state index < -0.39 is 6.03 Å². The van der Waals surface area contributed by atoms with Gasteiger partial charge in [0, 0.05) is 30.4 Å². The smallest absolute Gasteiger partial charge is 0.319 e. The van der Waals surface area contributed by atoms with Crippen LogP contribution in [0, 0.1) is 12.7 Å². The molecular weight excluding hydrogens is 365 g/mol. The summed E-state index contributed by atoms with van der Waals surface area (Å²) in [5.74, 6) is 0.0150. The van der Waals surface area contributed by atoms with Crippen LogP contribution in [0.25, 0.3) is 0 Å². The van der Waals surface area contributed by atoms with Gasteiger partial charge in [-0.15, -0.1) is 0 Å². The van der Waals surface area contributed by atoms with Crippen LogP contribution in [0.4, 0.5) is 14.9 Å². The Morgan fingerprint density at radius 2 is 2.04 bits per heavy atom. The standard InChI is InChI=1S/C20H22FN3O4/c1-12-3-4-14(19(25)22-2)9-17(12)24-20(26)23-6-5-13-7-16(21)8-15-10-27-11-28-18(13)15/h3-4,7-9H,5-6,10-11H2,1-2H3,(H,22,25)(H2,23,24,26). The topological polar surface area (TPSA) is 88.7 Å². The Labute approximate surface area is 162 Å². The Morgan fingerprint density at radius 1 is 1.21 bits per heavy atom. The molecule has 0 atom stereocenters. The van der Waals surface area contributed by atoms with E-state index >= 15 is 0 Å². The van der Waals surface area contributed by atoms with Crippen molar-refractivity contribution in [1.29, 1.82) is 0 Å². The molecule has 0 bridgehead atoms. The second-order valence-corrected chi connectivity index (χ2v) is 6.40. The van der Waals surface area contributed by atoms with Gasteiger partial charge in [-0.05, 0) is 48.7 Å².